The average molecular weight is 186 g/mol. The quantitative estimate of drug-likeness (QED) is 0.537. The molecule has 0 aliphatic carbocycles. The topological polar surface area (TPSA) is 52.8 Å². The first-order valence-electron chi connectivity index (χ1n) is 4.52. The zero-order valence-corrected chi connectivity index (χ0v) is 8.36. The predicted octanol–water partition coefficient (Wildman–Crippen LogP) is -1.43. The van der Waals surface area contributed by atoms with E-state index in [1.807, 2.05) is 0 Å². The zero-order valence-electron chi connectivity index (χ0n) is 8.36. The van der Waals surface area contributed by atoms with E-state index in [1.54, 1.807) is 24.0 Å². The highest BCUT2D eigenvalue weighted by molar-refractivity contribution is 5.77. The summed E-state index contributed by atoms with van der Waals surface area (Å²) >= 11 is 0. The van der Waals surface area contributed by atoms with Crippen LogP contribution in [0.15, 0.2) is 0 Å². The van der Waals surface area contributed by atoms with Crippen LogP contribution in [0.4, 0.5) is 0 Å². The molecule has 1 amide bonds. The molecule has 0 atom stereocenters. The van der Waals surface area contributed by atoms with Gasteiger partial charge in [0.1, 0.15) is 0 Å². The van der Waals surface area contributed by atoms with Crippen molar-refractivity contribution in [1.82, 2.24) is 14.8 Å². The number of hydrogen-bond donors (Lipinski definition) is 1. The van der Waals surface area contributed by atoms with E-state index in [1.165, 1.54) is 0 Å². The smallest absolute Gasteiger partial charge is 0.236 e. The van der Waals surface area contributed by atoms with E-state index < -0.39 is 0 Å². The van der Waals surface area contributed by atoms with Crippen molar-refractivity contribution in [2.75, 3.05) is 46.8 Å². The summed E-state index contributed by atoms with van der Waals surface area (Å²) in [5.41, 5.74) is 0. The molecule has 2 N–H and O–H groups in total. The van der Waals surface area contributed by atoms with Crippen molar-refractivity contribution in [3.8, 4) is 0 Å². The molecule has 0 aromatic rings. The number of rotatable bonds is 2. The maximum atomic E-state index is 11.3. The van der Waals surface area contributed by atoms with Crippen molar-refractivity contribution >= 4 is 5.91 Å². The van der Waals surface area contributed by atoms with E-state index in [-0.39, 0.29) is 5.91 Å². The van der Waals surface area contributed by atoms with E-state index in [0.29, 0.717) is 6.54 Å². The lowest BCUT2D eigenvalue weighted by atomic mass is 10.3. The molecule has 1 aliphatic heterocycles. The van der Waals surface area contributed by atoms with E-state index in [4.69, 9.17) is 5.84 Å². The standard InChI is InChI=1S/C8H18N4O/c1-10(2)8(13)7-11-3-5-12(9)6-4-11/h3-7,9H2,1-2H3. The van der Waals surface area contributed by atoms with Gasteiger partial charge in [0.15, 0.2) is 0 Å². The predicted molar refractivity (Wildman–Crippen MR) is 50.9 cm³/mol. The molecule has 0 saturated carbocycles. The lowest BCUT2D eigenvalue weighted by molar-refractivity contribution is -0.130. The number of amides is 1. The second-order valence-corrected chi connectivity index (χ2v) is 3.60. The number of carbonyl (C=O) groups is 1. The molecule has 0 bridgehead atoms. The molecule has 0 radical (unpaired) electrons. The Morgan fingerprint density at radius 1 is 1.31 bits per heavy atom. The number of nitrogens with two attached hydrogens (primary N) is 1. The lowest BCUT2D eigenvalue weighted by Gasteiger charge is -2.31. The highest BCUT2D eigenvalue weighted by Crippen LogP contribution is 1.97. The zero-order chi connectivity index (χ0) is 9.84. The van der Waals surface area contributed by atoms with Gasteiger partial charge >= 0.3 is 0 Å². The van der Waals surface area contributed by atoms with E-state index in [2.05, 4.69) is 4.90 Å². The van der Waals surface area contributed by atoms with Gasteiger partial charge in [0.2, 0.25) is 5.91 Å². The second kappa shape index (κ2) is 4.55. The Balaban J connectivity index is 2.26. The summed E-state index contributed by atoms with van der Waals surface area (Å²) in [4.78, 5) is 15.1. The number of carbonyl (C=O) groups excluding carboxylic acids is 1. The van der Waals surface area contributed by atoms with Crippen LogP contribution in [0, 0.1) is 0 Å². The van der Waals surface area contributed by atoms with E-state index in [0.717, 1.165) is 26.2 Å². The third-order valence-corrected chi connectivity index (χ3v) is 2.26. The fraction of sp³-hybridized carbons (Fsp3) is 0.875. The monoisotopic (exact) mass is 186 g/mol. The van der Waals surface area contributed by atoms with Crippen LogP contribution in [0.1, 0.15) is 0 Å². The fourth-order valence-corrected chi connectivity index (χ4v) is 1.25. The molecule has 0 spiro atoms. The van der Waals surface area contributed by atoms with Crippen molar-refractivity contribution in [3.63, 3.8) is 0 Å². The molecule has 0 aromatic heterocycles. The average Bonchev–Trinajstić information content (AvgIpc) is 2.08. The van der Waals surface area contributed by atoms with Gasteiger partial charge in [-0.15, -0.1) is 0 Å². The Morgan fingerprint density at radius 2 is 1.85 bits per heavy atom. The van der Waals surface area contributed by atoms with Gasteiger partial charge in [-0.1, -0.05) is 0 Å². The summed E-state index contributed by atoms with van der Waals surface area (Å²) in [5, 5.41) is 1.79. The van der Waals surface area contributed by atoms with E-state index in [9.17, 15) is 4.79 Å². The van der Waals surface area contributed by atoms with Gasteiger partial charge in [0.05, 0.1) is 6.54 Å². The number of hydrazine groups is 1. The molecule has 0 unspecified atom stereocenters. The molecule has 0 aromatic carbocycles. The van der Waals surface area contributed by atoms with Crippen LogP contribution in [-0.4, -0.2) is 67.5 Å². The van der Waals surface area contributed by atoms with Crippen molar-refractivity contribution < 1.29 is 4.79 Å². The van der Waals surface area contributed by atoms with Crippen LogP contribution in [0.3, 0.4) is 0 Å². The van der Waals surface area contributed by atoms with Crippen LogP contribution in [0.5, 0.6) is 0 Å². The summed E-state index contributed by atoms with van der Waals surface area (Å²) in [6.45, 7) is 3.98. The normalized spacial score (nSPS) is 20.2. The van der Waals surface area contributed by atoms with Crippen molar-refractivity contribution in [2.24, 2.45) is 5.84 Å². The lowest BCUT2D eigenvalue weighted by Crippen LogP contribution is -2.51. The molecule has 13 heavy (non-hydrogen) atoms. The van der Waals surface area contributed by atoms with Gasteiger partial charge in [0.25, 0.3) is 0 Å². The molecule has 1 aliphatic rings. The maximum Gasteiger partial charge on any atom is 0.236 e. The van der Waals surface area contributed by atoms with Crippen molar-refractivity contribution in [1.29, 1.82) is 0 Å². The third-order valence-electron chi connectivity index (χ3n) is 2.26. The fourth-order valence-electron chi connectivity index (χ4n) is 1.25. The van der Waals surface area contributed by atoms with Crippen LogP contribution >= 0.6 is 0 Å². The summed E-state index contributed by atoms with van der Waals surface area (Å²) < 4.78 is 0. The minimum Gasteiger partial charge on any atom is -0.348 e. The molecule has 5 nitrogen and oxygen atoms in total. The van der Waals surface area contributed by atoms with Gasteiger partial charge in [-0.3, -0.25) is 15.5 Å². The van der Waals surface area contributed by atoms with Gasteiger partial charge in [-0.2, -0.15) is 0 Å². The van der Waals surface area contributed by atoms with Crippen molar-refractivity contribution in [3.05, 3.63) is 0 Å². The largest absolute Gasteiger partial charge is 0.348 e. The minimum absolute atomic E-state index is 0.158. The van der Waals surface area contributed by atoms with Gasteiger partial charge in [0, 0.05) is 40.3 Å². The first kappa shape index (κ1) is 10.4. The summed E-state index contributed by atoms with van der Waals surface area (Å²) in [5.74, 6) is 5.76. The number of piperazine rings is 1. The number of likely N-dealkylation sites (N-methyl/N-ethyl adjacent to an activating group) is 1. The molecule has 5 heteroatoms. The molecule has 1 heterocycles. The Bertz CT molecular complexity index is 175. The molecule has 76 valence electrons. The van der Waals surface area contributed by atoms with Gasteiger partial charge < -0.3 is 4.90 Å². The first-order chi connectivity index (χ1) is 6.09. The molecule has 1 rings (SSSR count). The van der Waals surface area contributed by atoms with Crippen LogP contribution in [0.2, 0.25) is 0 Å². The van der Waals surface area contributed by atoms with Gasteiger partial charge in [-0.05, 0) is 0 Å². The number of nitrogens with zero attached hydrogens (tertiary/aromatic N) is 3. The second-order valence-electron chi connectivity index (χ2n) is 3.60. The summed E-state index contributed by atoms with van der Waals surface area (Å²) in [6.07, 6.45) is 0. The Kier molecular flexibility index (Phi) is 3.65. The molecular formula is C8H18N4O. The molecule has 1 fully saturated rings. The Labute approximate surface area is 79.0 Å². The Hall–Kier alpha value is -0.650. The Morgan fingerprint density at radius 3 is 2.31 bits per heavy atom. The summed E-state index contributed by atoms with van der Waals surface area (Å²) in [6, 6.07) is 0. The maximum absolute atomic E-state index is 11.3. The molecular weight excluding hydrogens is 168 g/mol. The van der Waals surface area contributed by atoms with E-state index >= 15 is 0 Å². The number of hydrogen-bond acceptors (Lipinski definition) is 4. The van der Waals surface area contributed by atoms with Gasteiger partial charge in [-0.25, -0.2) is 5.01 Å². The minimum atomic E-state index is 0.158. The third kappa shape index (κ3) is 3.30. The molecule has 1 saturated heterocycles. The van der Waals surface area contributed by atoms with Crippen molar-refractivity contribution in [2.45, 2.75) is 0 Å². The highest BCUT2D eigenvalue weighted by atomic mass is 16.2. The highest BCUT2D eigenvalue weighted by Gasteiger charge is 2.17. The van der Waals surface area contributed by atoms with Crippen LogP contribution in [0.25, 0.3) is 0 Å². The first-order valence-corrected chi connectivity index (χ1v) is 4.52. The summed E-state index contributed by atoms with van der Waals surface area (Å²) in [7, 11) is 3.56. The van der Waals surface area contributed by atoms with Crippen LogP contribution in [-0.2, 0) is 4.79 Å². The van der Waals surface area contributed by atoms with Crippen LogP contribution < -0.4 is 5.84 Å². The SMILES string of the molecule is CN(C)C(=O)CN1CCN(N)CC1.